The summed E-state index contributed by atoms with van der Waals surface area (Å²) in [5, 5.41) is 0. The number of amides is 1. The predicted octanol–water partition coefficient (Wildman–Crippen LogP) is 2.51. The first-order chi connectivity index (χ1) is 6.11. The minimum Gasteiger partial charge on any atom is -0.453 e. The number of nitrogens with zero attached hydrogens (tertiary/aromatic N) is 1. The molecule has 0 saturated carbocycles. The minimum atomic E-state index is -0.206. The van der Waals surface area contributed by atoms with Crippen LogP contribution in [-0.2, 0) is 4.74 Å². The Hall–Kier alpha value is -0.730. The summed E-state index contributed by atoms with van der Waals surface area (Å²) in [6, 6.07) is 0. The van der Waals surface area contributed by atoms with Crippen molar-refractivity contribution < 1.29 is 9.53 Å². The molecule has 0 saturated heterocycles. The molecule has 0 bridgehead atoms. The summed E-state index contributed by atoms with van der Waals surface area (Å²) in [6.45, 7) is 7.91. The number of methoxy groups -OCH3 is 1. The average Bonchev–Trinajstić information content (AvgIpc) is 2.10. The van der Waals surface area contributed by atoms with Crippen molar-refractivity contribution >= 4 is 6.09 Å². The van der Waals surface area contributed by atoms with Crippen LogP contribution < -0.4 is 0 Å². The Labute approximate surface area is 81.1 Å². The molecule has 0 aromatic rings. The lowest BCUT2D eigenvalue weighted by Crippen LogP contribution is -2.34. The third kappa shape index (κ3) is 5.50. The molecule has 0 N–H and O–H groups in total. The number of ether oxygens (including phenoxy) is 1. The van der Waals surface area contributed by atoms with Gasteiger partial charge in [0.1, 0.15) is 0 Å². The highest BCUT2D eigenvalue weighted by molar-refractivity contribution is 5.67. The molecule has 0 radical (unpaired) electrons. The number of carbonyl (C=O) groups excluding carboxylic acids is 1. The lowest BCUT2D eigenvalue weighted by molar-refractivity contribution is 0.118. The molecule has 1 amide bonds. The number of rotatable bonds is 5. The molecule has 0 aromatic carbocycles. The summed E-state index contributed by atoms with van der Waals surface area (Å²) >= 11 is 0. The van der Waals surface area contributed by atoms with Crippen molar-refractivity contribution in [1.82, 2.24) is 4.90 Å². The Kier molecular flexibility index (Phi) is 6.37. The molecule has 0 atom stereocenters. The second kappa shape index (κ2) is 6.75. The van der Waals surface area contributed by atoms with Gasteiger partial charge in [-0.15, -0.1) is 0 Å². The van der Waals surface area contributed by atoms with Crippen LogP contribution in [0.15, 0.2) is 0 Å². The predicted molar refractivity (Wildman–Crippen MR) is 53.7 cm³/mol. The fraction of sp³-hybridized carbons (Fsp3) is 0.900. The van der Waals surface area contributed by atoms with Crippen molar-refractivity contribution in [3.8, 4) is 0 Å². The highest BCUT2D eigenvalue weighted by atomic mass is 16.5. The molecule has 3 nitrogen and oxygen atoms in total. The van der Waals surface area contributed by atoms with Gasteiger partial charge < -0.3 is 9.64 Å². The van der Waals surface area contributed by atoms with Gasteiger partial charge in [-0.1, -0.05) is 27.2 Å². The molecule has 78 valence electrons. The summed E-state index contributed by atoms with van der Waals surface area (Å²) in [5.41, 5.74) is 0. The third-order valence-electron chi connectivity index (χ3n) is 1.80. The Bertz CT molecular complexity index is 146. The highest BCUT2D eigenvalue weighted by Gasteiger charge is 2.13. The fourth-order valence-electron chi connectivity index (χ4n) is 1.18. The van der Waals surface area contributed by atoms with E-state index in [9.17, 15) is 4.79 Å². The van der Waals surface area contributed by atoms with Gasteiger partial charge in [0.15, 0.2) is 0 Å². The van der Waals surface area contributed by atoms with E-state index in [0.717, 1.165) is 25.9 Å². The Morgan fingerprint density at radius 2 is 2.08 bits per heavy atom. The van der Waals surface area contributed by atoms with Crippen molar-refractivity contribution in [3.05, 3.63) is 0 Å². The SMILES string of the molecule is CCCCN(CC(C)C)C(=O)OC. The standard InChI is InChI=1S/C10H21NO2/c1-5-6-7-11(8-9(2)3)10(12)13-4/h9H,5-8H2,1-4H3. The number of hydrogen-bond donors (Lipinski definition) is 0. The molecule has 0 aliphatic heterocycles. The Morgan fingerprint density at radius 3 is 2.46 bits per heavy atom. The maximum atomic E-state index is 11.3. The van der Waals surface area contributed by atoms with Crippen LogP contribution in [0.1, 0.15) is 33.6 Å². The van der Waals surface area contributed by atoms with Crippen LogP contribution in [0.4, 0.5) is 4.79 Å². The van der Waals surface area contributed by atoms with Crippen LogP contribution >= 0.6 is 0 Å². The molecular weight excluding hydrogens is 166 g/mol. The third-order valence-corrected chi connectivity index (χ3v) is 1.80. The average molecular weight is 187 g/mol. The molecule has 0 aromatic heterocycles. The lowest BCUT2D eigenvalue weighted by atomic mass is 10.2. The van der Waals surface area contributed by atoms with Gasteiger partial charge in [-0.2, -0.15) is 0 Å². The summed E-state index contributed by atoms with van der Waals surface area (Å²) in [7, 11) is 1.43. The van der Waals surface area contributed by atoms with E-state index < -0.39 is 0 Å². The monoisotopic (exact) mass is 187 g/mol. The summed E-state index contributed by atoms with van der Waals surface area (Å²) in [5.74, 6) is 0.496. The Balaban J connectivity index is 3.94. The van der Waals surface area contributed by atoms with Crippen LogP contribution in [0.25, 0.3) is 0 Å². The van der Waals surface area contributed by atoms with Gasteiger partial charge in [0.2, 0.25) is 0 Å². The van der Waals surface area contributed by atoms with Crippen LogP contribution in [-0.4, -0.2) is 31.2 Å². The van der Waals surface area contributed by atoms with Gasteiger partial charge in [0.25, 0.3) is 0 Å². The van der Waals surface area contributed by atoms with Crippen molar-refractivity contribution in [1.29, 1.82) is 0 Å². The molecule has 0 unspecified atom stereocenters. The molecule has 0 aliphatic rings. The van der Waals surface area contributed by atoms with E-state index >= 15 is 0 Å². The van der Waals surface area contributed by atoms with Crippen LogP contribution in [0.5, 0.6) is 0 Å². The second-order valence-electron chi connectivity index (χ2n) is 3.66. The van der Waals surface area contributed by atoms with E-state index in [4.69, 9.17) is 4.74 Å². The van der Waals surface area contributed by atoms with E-state index in [2.05, 4.69) is 20.8 Å². The van der Waals surface area contributed by atoms with Crippen molar-refractivity contribution in [3.63, 3.8) is 0 Å². The first-order valence-corrected chi connectivity index (χ1v) is 4.94. The zero-order valence-corrected chi connectivity index (χ0v) is 9.17. The lowest BCUT2D eigenvalue weighted by Gasteiger charge is -2.22. The largest absolute Gasteiger partial charge is 0.453 e. The van der Waals surface area contributed by atoms with E-state index in [1.807, 2.05) is 0 Å². The van der Waals surface area contributed by atoms with E-state index in [1.54, 1.807) is 4.90 Å². The normalized spacial score (nSPS) is 10.2. The molecule has 0 fully saturated rings. The zero-order valence-electron chi connectivity index (χ0n) is 9.17. The molecule has 3 heteroatoms. The van der Waals surface area contributed by atoms with E-state index in [0.29, 0.717) is 5.92 Å². The Morgan fingerprint density at radius 1 is 1.46 bits per heavy atom. The van der Waals surface area contributed by atoms with Gasteiger partial charge in [-0.25, -0.2) is 4.79 Å². The highest BCUT2D eigenvalue weighted by Crippen LogP contribution is 2.03. The number of unbranched alkanes of at least 4 members (excludes halogenated alkanes) is 1. The van der Waals surface area contributed by atoms with Crippen LogP contribution in [0, 0.1) is 5.92 Å². The minimum absolute atomic E-state index is 0.206. The van der Waals surface area contributed by atoms with Crippen LogP contribution in [0.2, 0.25) is 0 Å². The maximum absolute atomic E-state index is 11.3. The quantitative estimate of drug-likeness (QED) is 0.662. The van der Waals surface area contributed by atoms with E-state index in [1.165, 1.54) is 7.11 Å². The van der Waals surface area contributed by atoms with Crippen molar-refractivity contribution in [2.24, 2.45) is 5.92 Å². The maximum Gasteiger partial charge on any atom is 0.409 e. The number of hydrogen-bond acceptors (Lipinski definition) is 2. The first-order valence-electron chi connectivity index (χ1n) is 4.94. The molecule has 0 heterocycles. The molecule has 0 aliphatic carbocycles. The fourth-order valence-corrected chi connectivity index (χ4v) is 1.18. The van der Waals surface area contributed by atoms with Crippen LogP contribution in [0.3, 0.4) is 0 Å². The molecule has 0 spiro atoms. The van der Waals surface area contributed by atoms with E-state index in [-0.39, 0.29) is 6.09 Å². The van der Waals surface area contributed by atoms with Crippen molar-refractivity contribution in [2.45, 2.75) is 33.6 Å². The topological polar surface area (TPSA) is 29.5 Å². The smallest absolute Gasteiger partial charge is 0.409 e. The first kappa shape index (κ1) is 12.3. The van der Waals surface area contributed by atoms with Gasteiger partial charge in [0.05, 0.1) is 7.11 Å². The summed E-state index contributed by atoms with van der Waals surface area (Å²) < 4.78 is 4.70. The summed E-state index contributed by atoms with van der Waals surface area (Å²) in [6.07, 6.45) is 1.94. The zero-order chi connectivity index (χ0) is 10.3. The van der Waals surface area contributed by atoms with Gasteiger partial charge >= 0.3 is 6.09 Å². The van der Waals surface area contributed by atoms with Gasteiger partial charge in [-0.3, -0.25) is 0 Å². The van der Waals surface area contributed by atoms with Gasteiger partial charge in [-0.05, 0) is 12.3 Å². The van der Waals surface area contributed by atoms with Gasteiger partial charge in [0, 0.05) is 13.1 Å². The number of carbonyl (C=O) groups is 1. The second-order valence-corrected chi connectivity index (χ2v) is 3.66. The summed E-state index contributed by atoms with van der Waals surface area (Å²) in [4.78, 5) is 13.0. The molecular formula is C10H21NO2. The molecule has 13 heavy (non-hydrogen) atoms. The van der Waals surface area contributed by atoms with Crippen molar-refractivity contribution in [2.75, 3.05) is 20.2 Å². The molecule has 0 rings (SSSR count).